The molecule has 2 aromatic carbocycles. The van der Waals surface area contributed by atoms with Gasteiger partial charge in [0.15, 0.2) is 0 Å². The van der Waals surface area contributed by atoms with Crippen LogP contribution in [0.15, 0.2) is 59.3 Å². The number of fused-ring (bicyclic) bond motifs is 1. The van der Waals surface area contributed by atoms with Gasteiger partial charge in [-0.2, -0.15) is 0 Å². The molecule has 0 unspecified atom stereocenters. The number of oxazole rings is 1. The fourth-order valence-corrected chi connectivity index (χ4v) is 2.00. The third kappa shape index (κ3) is 1.97. The SMILES string of the molecule is COC(=O)c1ccc(-[n+]2coc3ccccc32)cc1. The number of hydrogen-bond donors (Lipinski definition) is 0. The number of carbonyl (C=O) groups is 1. The minimum atomic E-state index is -0.339. The Morgan fingerprint density at radius 3 is 2.58 bits per heavy atom. The Morgan fingerprint density at radius 2 is 1.84 bits per heavy atom. The highest BCUT2D eigenvalue weighted by Gasteiger charge is 2.16. The van der Waals surface area contributed by atoms with Crippen molar-refractivity contribution >= 4 is 17.1 Å². The Bertz CT molecular complexity index is 728. The molecule has 0 atom stereocenters. The fraction of sp³-hybridized carbons (Fsp3) is 0.0667. The molecule has 1 heterocycles. The van der Waals surface area contributed by atoms with Crippen LogP contribution in [-0.2, 0) is 4.74 Å². The largest absolute Gasteiger partial charge is 0.465 e. The van der Waals surface area contributed by atoms with Crippen molar-refractivity contribution < 1.29 is 18.5 Å². The molecule has 4 heteroatoms. The van der Waals surface area contributed by atoms with Crippen LogP contribution in [0.5, 0.6) is 0 Å². The van der Waals surface area contributed by atoms with E-state index in [0.717, 1.165) is 16.8 Å². The molecule has 0 fully saturated rings. The lowest BCUT2D eigenvalue weighted by Gasteiger charge is -1.98. The highest BCUT2D eigenvalue weighted by atomic mass is 16.5. The van der Waals surface area contributed by atoms with Crippen molar-refractivity contribution in [2.24, 2.45) is 0 Å². The molecule has 1 aromatic heterocycles. The molecule has 94 valence electrons. The topological polar surface area (TPSA) is 43.3 Å². The second kappa shape index (κ2) is 4.57. The minimum absolute atomic E-state index is 0.339. The summed E-state index contributed by atoms with van der Waals surface area (Å²) in [5.41, 5.74) is 3.25. The Balaban J connectivity index is 2.05. The van der Waals surface area contributed by atoms with Crippen molar-refractivity contribution in [2.75, 3.05) is 7.11 Å². The summed E-state index contributed by atoms with van der Waals surface area (Å²) >= 11 is 0. The maximum atomic E-state index is 11.4. The second-order valence-corrected chi connectivity index (χ2v) is 4.10. The van der Waals surface area contributed by atoms with Crippen molar-refractivity contribution in [3.63, 3.8) is 0 Å². The first-order chi connectivity index (χ1) is 9.29. The fourth-order valence-electron chi connectivity index (χ4n) is 2.00. The number of ether oxygens (including phenoxy) is 1. The Hall–Kier alpha value is -2.62. The van der Waals surface area contributed by atoms with Crippen molar-refractivity contribution in [3.05, 3.63) is 60.5 Å². The van der Waals surface area contributed by atoms with E-state index >= 15 is 0 Å². The van der Waals surface area contributed by atoms with Crippen LogP contribution in [0.25, 0.3) is 16.8 Å². The number of nitrogens with zero attached hydrogens (tertiary/aromatic N) is 1. The molecule has 0 saturated heterocycles. The van der Waals surface area contributed by atoms with Gasteiger partial charge < -0.3 is 9.15 Å². The van der Waals surface area contributed by atoms with Crippen LogP contribution < -0.4 is 4.57 Å². The summed E-state index contributed by atoms with van der Waals surface area (Å²) in [4.78, 5) is 11.4. The van der Waals surface area contributed by atoms with Gasteiger partial charge in [0.2, 0.25) is 11.3 Å². The zero-order valence-corrected chi connectivity index (χ0v) is 10.4. The third-order valence-corrected chi connectivity index (χ3v) is 2.98. The number of carbonyl (C=O) groups excluding carboxylic acids is 1. The molecule has 0 bridgehead atoms. The van der Waals surface area contributed by atoms with Crippen molar-refractivity contribution in [1.29, 1.82) is 0 Å². The molecule has 0 radical (unpaired) electrons. The standard InChI is InChI=1S/C15H12NO3/c1-18-15(17)11-6-8-12(9-7-11)16-10-19-14-5-3-2-4-13(14)16/h2-10H,1H3/q+1. The van der Waals surface area contributed by atoms with Gasteiger partial charge in [-0.15, -0.1) is 4.57 Å². The first-order valence-electron chi connectivity index (χ1n) is 5.86. The van der Waals surface area contributed by atoms with E-state index < -0.39 is 0 Å². The van der Waals surface area contributed by atoms with Gasteiger partial charge in [-0.1, -0.05) is 12.1 Å². The lowest BCUT2D eigenvalue weighted by atomic mass is 10.2. The van der Waals surface area contributed by atoms with Gasteiger partial charge in [0.25, 0.3) is 5.52 Å². The molecule has 4 nitrogen and oxygen atoms in total. The average Bonchev–Trinajstić information content (AvgIpc) is 2.90. The lowest BCUT2D eigenvalue weighted by molar-refractivity contribution is -0.573. The van der Waals surface area contributed by atoms with Gasteiger partial charge in [0.1, 0.15) is 0 Å². The number of benzene rings is 2. The quantitative estimate of drug-likeness (QED) is 0.521. The van der Waals surface area contributed by atoms with Crippen molar-refractivity contribution in [2.45, 2.75) is 0 Å². The van der Waals surface area contributed by atoms with Gasteiger partial charge in [-0.3, -0.25) is 0 Å². The normalized spacial score (nSPS) is 10.6. The number of esters is 1. The Morgan fingerprint density at radius 1 is 1.11 bits per heavy atom. The molecule has 0 aliphatic rings. The summed E-state index contributed by atoms with van der Waals surface area (Å²) in [6, 6.07) is 14.9. The van der Waals surface area contributed by atoms with Gasteiger partial charge in [-0.25, -0.2) is 4.79 Å². The molecule has 19 heavy (non-hydrogen) atoms. The highest BCUT2D eigenvalue weighted by Crippen LogP contribution is 2.13. The summed E-state index contributed by atoms with van der Waals surface area (Å²) < 4.78 is 12.1. The molecule has 0 spiro atoms. The van der Waals surface area contributed by atoms with E-state index in [1.54, 1.807) is 18.5 Å². The monoisotopic (exact) mass is 254 g/mol. The number of aromatic nitrogens is 1. The van der Waals surface area contributed by atoms with Crippen LogP contribution in [-0.4, -0.2) is 13.1 Å². The number of rotatable bonds is 2. The molecular formula is C15H12NO3+. The smallest absolute Gasteiger partial charge is 0.341 e. The van der Waals surface area contributed by atoms with Crippen molar-refractivity contribution in [3.8, 4) is 5.69 Å². The van der Waals surface area contributed by atoms with E-state index in [1.807, 2.05) is 41.0 Å². The van der Waals surface area contributed by atoms with Gasteiger partial charge in [-0.05, 0) is 18.2 Å². The van der Waals surface area contributed by atoms with E-state index in [2.05, 4.69) is 4.74 Å². The van der Waals surface area contributed by atoms with Crippen LogP contribution >= 0.6 is 0 Å². The first-order valence-corrected chi connectivity index (χ1v) is 5.86. The van der Waals surface area contributed by atoms with Crippen LogP contribution in [0.3, 0.4) is 0 Å². The summed E-state index contributed by atoms with van der Waals surface area (Å²) in [5, 5.41) is 0. The zero-order chi connectivity index (χ0) is 13.2. The minimum Gasteiger partial charge on any atom is -0.465 e. The second-order valence-electron chi connectivity index (χ2n) is 4.10. The number of hydrogen-bond acceptors (Lipinski definition) is 3. The number of methoxy groups -OCH3 is 1. The van der Waals surface area contributed by atoms with Crippen LogP contribution in [0.2, 0.25) is 0 Å². The van der Waals surface area contributed by atoms with Crippen molar-refractivity contribution in [1.82, 2.24) is 0 Å². The summed E-state index contributed by atoms with van der Waals surface area (Å²) in [6.45, 7) is 0. The van der Waals surface area contributed by atoms with Gasteiger partial charge in [0, 0.05) is 18.2 Å². The summed E-state index contributed by atoms with van der Waals surface area (Å²) in [5.74, 6) is -0.339. The van der Waals surface area contributed by atoms with E-state index in [4.69, 9.17) is 4.42 Å². The molecule has 0 N–H and O–H groups in total. The Labute approximate surface area is 109 Å². The highest BCUT2D eigenvalue weighted by molar-refractivity contribution is 5.89. The number of para-hydroxylation sites is 2. The molecule has 0 amide bonds. The maximum Gasteiger partial charge on any atom is 0.341 e. The van der Waals surface area contributed by atoms with E-state index in [-0.39, 0.29) is 5.97 Å². The molecular weight excluding hydrogens is 242 g/mol. The molecule has 0 aliphatic carbocycles. The predicted molar refractivity (Wildman–Crippen MR) is 69.1 cm³/mol. The maximum absolute atomic E-state index is 11.4. The molecule has 0 saturated carbocycles. The average molecular weight is 254 g/mol. The summed E-state index contributed by atoms with van der Waals surface area (Å²) in [6.07, 6.45) is 1.65. The van der Waals surface area contributed by atoms with Crippen LogP contribution in [0.4, 0.5) is 0 Å². The lowest BCUT2D eigenvalue weighted by Crippen LogP contribution is -2.28. The van der Waals surface area contributed by atoms with Crippen LogP contribution in [0.1, 0.15) is 10.4 Å². The molecule has 3 aromatic rings. The zero-order valence-electron chi connectivity index (χ0n) is 10.4. The van der Waals surface area contributed by atoms with Crippen LogP contribution in [0, 0.1) is 0 Å². The third-order valence-electron chi connectivity index (χ3n) is 2.98. The van der Waals surface area contributed by atoms with E-state index in [0.29, 0.717) is 5.56 Å². The van der Waals surface area contributed by atoms with E-state index in [1.165, 1.54) is 7.11 Å². The predicted octanol–water partition coefficient (Wildman–Crippen LogP) is 2.50. The summed E-state index contributed by atoms with van der Waals surface area (Å²) in [7, 11) is 1.37. The molecule has 3 rings (SSSR count). The van der Waals surface area contributed by atoms with Gasteiger partial charge >= 0.3 is 12.4 Å². The van der Waals surface area contributed by atoms with Gasteiger partial charge in [0.05, 0.1) is 12.7 Å². The first kappa shape index (κ1) is 11.5. The molecule has 0 aliphatic heterocycles. The van der Waals surface area contributed by atoms with E-state index in [9.17, 15) is 4.79 Å². The Kier molecular flexibility index (Phi) is 2.76.